The van der Waals surface area contributed by atoms with Gasteiger partial charge in [0.05, 0.1) is 13.7 Å². The molecule has 3 nitrogen and oxygen atoms in total. The molecule has 3 heteroatoms. The van der Waals surface area contributed by atoms with Crippen molar-refractivity contribution in [3.8, 4) is 18.1 Å². The summed E-state index contributed by atoms with van der Waals surface area (Å²) in [7, 11) is 1.61. The maximum atomic E-state index is 11.2. The lowest BCUT2D eigenvalue weighted by atomic mass is 10.2. The molecule has 0 saturated carbocycles. The SMILES string of the molecule is C#CCNC(=O)/C=C/c1ccc(OC)cc1. The summed E-state index contributed by atoms with van der Waals surface area (Å²) in [5, 5.41) is 2.54. The number of benzene rings is 1. The fourth-order valence-electron chi connectivity index (χ4n) is 1.08. The highest BCUT2D eigenvalue weighted by Crippen LogP contribution is 2.11. The van der Waals surface area contributed by atoms with Crippen LogP contribution in [0.4, 0.5) is 0 Å². The molecular weight excluding hydrogens is 202 g/mol. The standard InChI is InChI=1S/C13H13NO2/c1-3-10-14-13(15)9-6-11-4-7-12(16-2)8-5-11/h1,4-9H,10H2,2H3,(H,14,15)/b9-6+. The van der Waals surface area contributed by atoms with E-state index < -0.39 is 0 Å². The topological polar surface area (TPSA) is 38.3 Å². The molecule has 0 aliphatic carbocycles. The predicted octanol–water partition coefficient (Wildman–Crippen LogP) is 1.46. The highest BCUT2D eigenvalue weighted by molar-refractivity contribution is 5.91. The van der Waals surface area contributed by atoms with E-state index in [1.165, 1.54) is 6.08 Å². The van der Waals surface area contributed by atoms with Crippen molar-refractivity contribution >= 4 is 12.0 Å². The zero-order valence-electron chi connectivity index (χ0n) is 9.07. The summed E-state index contributed by atoms with van der Waals surface area (Å²) in [6, 6.07) is 7.39. The largest absolute Gasteiger partial charge is 0.497 e. The van der Waals surface area contributed by atoms with Crippen LogP contribution in [0.5, 0.6) is 5.75 Å². The van der Waals surface area contributed by atoms with E-state index in [4.69, 9.17) is 11.2 Å². The second-order valence-corrected chi connectivity index (χ2v) is 3.03. The van der Waals surface area contributed by atoms with E-state index in [1.54, 1.807) is 13.2 Å². The van der Waals surface area contributed by atoms with E-state index in [1.807, 2.05) is 24.3 Å². The number of amides is 1. The molecule has 0 aliphatic rings. The van der Waals surface area contributed by atoms with Gasteiger partial charge < -0.3 is 10.1 Å². The highest BCUT2D eigenvalue weighted by Gasteiger charge is 1.93. The monoisotopic (exact) mass is 215 g/mol. The molecule has 16 heavy (non-hydrogen) atoms. The van der Waals surface area contributed by atoms with Crippen molar-refractivity contribution in [2.45, 2.75) is 0 Å². The second kappa shape index (κ2) is 6.31. The van der Waals surface area contributed by atoms with Gasteiger partial charge in [-0.3, -0.25) is 4.79 Å². The Morgan fingerprint density at radius 1 is 1.50 bits per heavy atom. The molecule has 0 spiro atoms. The fraction of sp³-hybridized carbons (Fsp3) is 0.154. The van der Waals surface area contributed by atoms with Crippen molar-refractivity contribution in [1.29, 1.82) is 0 Å². The smallest absolute Gasteiger partial charge is 0.244 e. The number of hydrogen-bond donors (Lipinski definition) is 1. The molecular formula is C13H13NO2. The first kappa shape index (κ1) is 11.9. The van der Waals surface area contributed by atoms with Crippen LogP contribution in [0, 0.1) is 12.3 Å². The van der Waals surface area contributed by atoms with Gasteiger partial charge in [0, 0.05) is 6.08 Å². The second-order valence-electron chi connectivity index (χ2n) is 3.03. The number of methoxy groups -OCH3 is 1. The molecule has 1 amide bonds. The maximum Gasteiger partial charge on any atom is 0.244 e. The van der Waals surface area contributed by atoms with Crippen molar-refractivity contribution in [1.82, 2.24) is 5.32 Å². The minimum absolute atomic E-state index is 0.200. The quantitative estimate of drug-likeness (QED) is 0.610. The Morgan fingerprint density at radius 3 is 2.75 bits per heavy atom. The molecule has 0 fully saturated rings. The average molecular weight is 215 g/mol. The van der Waals surface area contributed by atoms with E-state index in [0.29, 0.717) is 0 Å². The molecule has 0 atom stereocenters. The summed E-state index contributed by atoms with van der Waals surface area (Å²) < 4.78 is 5.02. The number of nitrogens with one attached hydrogen (secondary N) is 1. The van der Waals surface area contributed by atoms with Gasteiger partial charge in [0.15, 0.2) is 0 Å². The van der Waals surface area contributed by atoms with Crippen LogP contribution < -0.4 is 10.1 Å². The van der Waals surface area contributed by atoms with Crippen molar-refractivity contribution in [2.75, 3.05) is 13.7 Å². The van der Waals surface area contributed by atoms with E-state index in [2.05, 4.69) is 11.2 Å². The molecule has 1 aromatic carbocycles. The Morgan fingerprint density at radius 2 is 2.19 bits per heavy atom. The maximum absolute atomic E-state index is 11.2. The number of hydrogen-bond acceptors (Lipinski definition) is 2. The van der Waals surface area contributed by atoms with Crippen LogP contribution in [-0.2, 0) is 4.79 Å². The average Bonchev–Trinajstić information content (AvgIpc) is 2.34. The lowest BCUT2D eigenvalue weighted by molar-refractivity contribution is -0.116. The van der Waals surface area contributed by atoms with Gasteiger partial charge in [-0.05, 0) is 23.8 Å². The van der Waals surface area contributed by atoms with Gasteiger partial charge in [-0.1, -0.05) is 18.1 Å². The minimum atomic E-state index is -0.200. The lowest BCUT2D eigenvalue weighted by Gasteiger charge is -1.99. The summed E-state index contributed by atoms with van der Waals surface area (Å²) >= 11 is 0. The summed E-state index contributed by atoms with van der Waals surface area (Å²) in [5.74, 6) is 2.92. The van der Waals surface area contributed by atoms with Gasteiger partial charge in [-0.25, -0.2) is 0 Å². The Hall–Kier alpha value is -2.21. The first-order chi connectivity index (χ1) is 7.76. The number of carbonyl (C=O) groups is 1. The van der Waals surface area contributed by atoms with Gasteiger partial charge >= 0.3 is 0 Å². The molecule has 0 aromatic heterocycles. The molecule has 0 saturated heterocycles. The molecule has 0 heterocycles. The van der Waals surface area contributed by atoms with E-state index in [-0.39, 0.29) is 12.5 Å². The molecule has 1 rings (SSSR count). The Balaban J connectivity index is 2.56. The molecule has 82 valence electrons. The van der Waals surface area contributed by atoms with Crippen molar-refractivity contribution in [3.05, 3.63) is 35.9 Å². The first-order valence-electron chi connectivity index (χ1n) is 4.79. The van der Waals surface area contributed by atoms with Crippen molar-refractivity contribution in [2.24, 2.45) is 0 Å². The third-order valence-electron chi connectivity index (χ3n) is 1.91. The van der Waals surface area contributed by atoms with Gasteiger partial charge in [0.1, 0.15) is 5.75 Å². The van der Waals surface area contributed by atoms with Gasteiger partial charge in [0.2, 0.25) is 5.91 Å². The normalized spacial score (nSPS) is 9.75. The number of carbonyl (C=O) groups excluding carboxylic acids is 1. The first-order valence-corrected chi connectivity index (χ1v) is 4.79. The Bertz CT molecular complexity index is 413. The van der Waals surface area contributed by atoms with Gasteiger partial charge in [-0.2, -0.15) is 0 Å². The zero-order valence-corrected chi connectivity index (χ0v) is 9.07. The lowest BCUT2D eigenvalue weighted by Crippen LogP contribution is -2.20. The van der Waals surface area contributed by atoms with Crippen LogP contribution >= 0.6 is 0 Å². The van der Waals surface area contributed by atoms with Crippen LogP contribution in [0.2, 0.25) is 0 Å². The fourth-order valence-corrected chi connectivity index (χ4v) is 1.08. The summed E-state index contributed by atoms with van der Waals surface area (Å²) in [6.07, 6.45) is 8.17. The van der Waals surface area contributed by atoms with Crippen LogP contribution in [-0.4, -0.2) is 19.6 Å². The molecule has 1 N–H and O–H groups in total. The molecule has 0 bridgehead atoms. The number of ether oxygens (including phenoxy) is 1. The van der Waals surface area contributed by atoms with Crippen molar-refractivity contribution in [3.63, 3.8) is 0 Å². The van der Waals surface area contributed by atoms with Crippen LogP contribution in [0.1, 0.15) is 5.56 Å². The highest BCUT2D eigenvalue weighted by atomic mass is 16.5. The zero-order chi connectivity index (χ0) is 11.8. The van der Waals surface area contributed by atoms with Crippen LogP contribution in [0.3, 0.4) is 0 Å². The Kier molecular flexibility index (Phi) is 4.68. The summed E-state index contributed by atoms with van der Waals surface area (Å²) in [5.41, 5.74) is 0.927. The molecule has 1 aromatic rings. The predicted molar refractivity (Wildman–Crippen MR) is 63.9 cm³/mol. The van der Waals surface area contributed by atoms with Crippen LogP contribution in [0.15, 0.2) is 30.3 Å². The van der Waals surface area contributed by atoms with Gasteiger partial charge in [-0.15, -0.1) is 6.42 Å². The molecule has 0 radical (unpaired) electrons. The Labute approximate surface area is 95.1 Å². The third kappa shape index (κ3) is 3.89. The van der Waals surface area contributed by atoms with E-state index in [9.17, 15) is 4.79 Å². The minimum Gasteiger partial charge on any atom is -0.497 e. The number of terminal acetylenes is 1. The molecule has 0 aliphatic heterocycles. The molecule has 0 unspecified atom stereocenters. The third-order valence-corrected chi connectivity index (χ3v) is 1.91. The van der Waals surface area contributed by atoms with Gasteiger partial charge in [0.25, 0.3) is 0 Å². The van der Waals surface area contributed by atoms with E-state index >= 15 is 0 Å². The number of rotatable bonds is 4. The summed E-state index contributed by atoms with van der Waals surface area (Å²) in [4.78, 5) is 11.2. The van der Waals surface area contributed by atoms with Crippen LogP contribution in [0.25, 0.3) is 6.08 Å². The van der Waals surface area contributed by atoms with E-state index in [0.717, 1.165) is 11.3 Å². The summed E-state index contributed by atoms with van der Waals surface area (Å²) in [6.45, 7) is 0.242. The van der Waals surface area contributed by atoms with Crippen molar-refractivity contribution < 1.29 is 9.53 Å².